The van der Waals surface area contributed by atoms with Crippen molar-refractivity contribution < 1.29 is 29.3 Å². The second-order valence-corrected chi connectivity index (χ2v) is 11.6. The SMILES string of the molecule is CCCCCC(=O)O[C@]1(C(=O)C(O)Cl)CC[C@H]2[C@@H]3CCC4=CC(=O)C=C[C@]4(C)[C@H]3C(O)C[C@@]21C. The van der Waals surface area contributed by atoms with Crippen LogP contribution in [0.3, 0.4) is 0 Å². The summed E-state index contributed by atoms with van der Waals surface area (Å²) in [6, 6.07) is 0. The van der Waals surface area contributed by atoms with Crippen LogP contribution in [-0.4, -0.2) is 45.0 Å². The van der Waals surface area contributed by atoms with Crippen LogP contribution in [0.4, 0.5) is 0 Å². The summed E-state index contributed by atoms with van der Waals surface area (Å²) < 4.78 is 6.00. The molecule has 0 radical (unpaired) electrons. The van der Waals surface area contributed by atoms with Crippen LogP contribution >= 0.6 is 11.6 Å². The quantitative estimate of drug-likeness (QED) is 0.313. The summed E-state index contributed by atoms with van der Waals surface area (Å²) in [6.45, 7) is 6.06. The van der Waals surface area contributed by atoms with E-state index in [-0.39, 0.29) is 36.4 Å². The van der Waals surface area contributed by atoms with Gasteiger partial charge >= 0.3 is 5.97 Å². The Morgan fingerprint density at radius 1 is 1.26 bits per heavy atom. The zero-order valence-electron chi connectivity index (χ0n) is 20.4. The third-order valence-electron chi connectivity index (χ3n) is 9.50. The predicted octanol–water partition coefficient (Wildman–Crippen LogP) is 4.25. The average Bonchev–Trinajstić information content (AvgIpc) is 3.05. The number of hydrogen-bond acceptors (Lipinski definition) is 6. The molecule has 2 unspecified atom stereocenters. The van der Waals surface area contributed by atoms with Crippen LogP contribution in [0.25, 0.3) is 0 Å². The maximum absolute atomic E-state index is 13.4. The number of ketones is 2. The summed E-state index contributed by atoms with van der Waals surface area (Å²) in [5.74, 6) is -1.13. The first-order chi connectivity index (χ1) is 16.0. The van der Waals surface area contributed by atoms with E-state index in [1.807, 2.05) is 19.9 Å². The molecule has 0 spiro atoms. The monoisotopic (exact) mass is 492 g/mol. The number of hydrogen-bond donors (Lipinski definition) is 2. The lowest BCUT2D eigenvalue weighted by atomic mass is 9.46. The van der Waals surface area contributed by atoms with Gasteiger partial charge in [0.15, 0.2) is 16.9 Å². The van der Waals surface area contributed by atoms with Crippen molar-refractivity contribution in [2.75, 3.05) is 0 Å². The lowest BCUT2D eigenvalue weighted by Crippen LogP contribution is -2.63. The third-order valence-corrected chi connectivity index (χ3v) is 9.70. The molecule has 0 heterocycles. The van der Waals surface area contributed by atoms with Gasteiger partial charge in [-0.05, 0) is 62.5 Å². The summed E-state index contributed by atoms with van der Waals surface area (Å²) >= 11 is 5.91. The molecule has 6 nitrogen and oxygen atoms in total. The molecule has 0 aromatic rings. The van der Waals surface area contributed by atoms with Gasteiger partial charge in [0.05, 0.1) is 6.10 Å². The summed E-state index contributed by atoms with van der Waals surface area (Å²) in [6.07, 6.45) is 9.98. The zero-order chi connectivity index (χ0) is 24.9. The topological polar surface area (TPSA) is 101 Å². The van der Waals surface area contributed by atoms with E-state index >= 15 is 0 Å². The second-order valence-electron chi connectivity index (χ2n) is 11.2. The highest BCUT2D eigenvalue weighted by atomic mass is 35.5. The number of aliphatic hydroxyl groups is 2. The molecule has 7 heteroatoms. The van der Waals surface area contributed by atoms with E-state index in [0.29, 0.717) is 19.3 Å². The maximum atomic E-state index is 13.4. The van der Waals surface area contributed by atoms with Gasteiger partial charge in [-0.25, -0.2) is 0 Å². The summed E-state index contributed by atoms with van der Waals surface area (Å²) in [5.41, 5.74) is -3.53. The number of ether oxygens (including phenoxy) is 1. The average molecular weight is 493 g/mol. The Kier molecular flexibility index (Phi) is 6.91. The van der Waals surface area contributed by atoms with Crippen LogP contribution in [0.2, 0.25) is 0 Å². The fraction of sp³-hybridized carbons (Fsp3) is 0.741. The molecule has 0 amide bonds. The van der Waals surface area contributed by atoms with Gasteiger partial charge in [-0.3, -0.25) is 14.4 Å². The Balaban J connectivity index is 1.69. The van der Waals surface area contributed by atoms with Gasteiger partial charge in [-0.15, -0.1) is 0 Å². The molecule has 4 aliphatic carbocycles. The van der Waals surface area contributed by atoms with Gasteiger partial charge in [0.1, 0.15) is 0 Å². The molecule has 4 aliphatic rings. The molecule has 3 saturated carbocycles. The summed E-state index contributed by atoms with van der Waals surface area (Å²) in [5, 5.41) is 21.7. The third kappa shape index (κ3) is 3.81. The summed E-state index contributed by atoms with van der Waals surface area (Å²) in [7, 11) is 0. The van der Waals surface area contributed by atoms with Crippen LogP contribution in [-0.2, 0) is 19.1 Å². The number of carbonyl (C=O) groups is 3. The number of carbonyl (C=O) groups excluding carboxylic acids is 3. The lowest BCUT2D eigenvalue weighted by Gasteiger charge is -2.59. The molecule has 34 heavy (non-hydrogen) atoms. The predicted molar refractivity (Wildman–Crippen MR) is 128 cm³/mol. The van der Waals surface area contributed by atoms with Crippen molar-refractivity contribution >= 4 is 29.1 Å². The van der Waals surface area contributed by atoms with E-state index < -0.39 is 39.9 Å². The van der Waals surface area contributed by atoms with Crippen molar-refractivity contribution in [1.82, 2.24) is 0 Å². The highest BCUT2D eigenvalue weighted by molar-refractivity contribution is 6.31. The van der Waals surface area contributed by atoms with Crippen LogP contribution < -0.4 is 0 Å². The van der Waals surface area contributed by atoms with E-state index in [9.17, 15) is 24.6 Å². The normalized spacial score (nSPS) is 41.7. The van der Waals surface area contributed by atoms with Crippen molar-refractivity contribution in [1.29, 1.82) is 0 Å². The van der Waals surface area contributed by atoms with Gasteiger partial charge in [0, 0.05) is 23.2 Å². The van der Waals surface area contributed by atoms with Crippen molar-refractivity contribution in [3.05, 3.63) is 23.8 Å². The first-order valence-electron chi connectivity index (χ1n) is 12.7. The standard InChI is InChI=1S/C27H37ClO6/c1-4-5-6-7-21(31)34-27(23(32)24(28)33)13-11-19-18-9-8-16-14-17(29)10-12-25(16,2)22(18)20(30)15-26(19,27)3/h10,12,14,18-20,22,24,30,33H,4-9,11,13,15H2,1-3H3/t18-,19-,20?,22+,24?,25-,26-,27-/m0/s1. The number of unbranched alkanes of at least 4 members (excludes halogenated alkanes) is 2. The van der Waals surface area contributed by atoms with Gasteiger partial charge in [-0.1, -0.05) is 56.9 Å². The largest absolute Gasteiger partial charge is 0.450 e. The van der Waals surface area contributed by atoms with Gasteiger partial charge in [0.25, 0.3) is 0 Å². The molecule has 0 aliphatic heterocycles. The minimum atomic E-state index is -1.78. The highest BCUT2D eigenvalue weighted by Gasteiger charge is 2.70. The Hall–Kier alpha value is -1.50. The molecule has 0 saturated heterocycles. The number of Topliss-reactive ketones (excluding diaryl/α,β-unsaturated/α-hetero) is 1. The van der Waals surface area contributed by atoms with Crippen molar-refractivity contribution in [2.24, 2.45) is 28.6 Å². The molecule has 3 fully saturated rings. The zero-order valence-corrected chi connectivity index (χ0v) is 21.1. The molecule has 4 rings (SSSR count). The fourth-order valence-corrected chi connectivity index (χ4v) is 8.07. The summed E-state index contributed by atoms with van der Waals surface area (Å²) in [4.78, 5) is 38.2. The molecule has 8 atom stereocenters. The van der Waals surface area contributed by atoms with Gasteiger partial charge in [0.2, 0.25) is 5.78 Å². The molecular weight excluding hydrogens is 456 g/mol. The van der Waals surface area contributed by atoms with Gasteiger partial charge < -0.3 is 14.9 Å². The van der Waals surface area contributed by atoms with Crippen LogP contribution in [0, 0.1) is 28.6 Å². The Bertz CT molecular complexity index is 924. The lowest BCUT2D eigenvalue weighted by molar-refractivity contribution is -0.201. The van der Waals surface area contributed by atoms with E-state index in [1.165, 1.54) is 0 Å². The van der Waals surface area contributed by atoms with Crippen LogP contribution in [0.1, 0.15) is 78.6 Å². The number of fused-ring (bicyclic) bond motifs is 5. The molecule has 0 aromatic carbocycles. The number of esters is 1. The maximum Gasteiger partial charge on any atom is 0.306 e. The Morgan fingerprint density at radius 2 is 2.00 bits per heavy atom. The van der Waals surface area contributed by atoms with Crippen LogP contribution in [0.15, 0.2) is 23.8 Å². The van der Waals surface area contributed by atoms with Crippen LogP contribution in [0.5, 0.6) is 0 Å². The number of alkyl halides is 1. The van der Waals surface area contributed by atoms with Crippen molar-refractivity contribution in [3.8, 4) is 0 Å². The molecule has 2 N–H and O–H groups in total. The Morgan fingerprint density at radius 3 is 2.68 bits per heavy atom. The van der Waals surface area contributed by atoms with Crippen molar-refractivity contribution in [3.63, 3.8) is 0 Å². The number of allylic oxidation sites excluding steroid dienone is 4. The van der Waals surface area contributed by atoms with Gasteiger partial charge in [-0.2, -0.15) is 0 Å². The smallest absolute Gasteiger partial charge is 0.306 e. The molecule has 0 bridgehead atoms. The van der Waals surface area contributed by atoms with E-state index in [2.05, 4.69) is 6.92 Å². The van der Waals surface area contributed by atoms with E-state index in [1.54, 1.807) is 12.2 Å². The minimum absolute atomic E-state index is 0.0161. The van der Waals surface area contributed by atoms with Crippen molar-refractivity contribution in [2.45, 2.75) is 95.8 Å². The second kappa shape index (κ2) is 9.18. The number of aliphatic hydroxyl groups excluding tert-OH is 2. The van der Waals surface area contributed by atoms with E-state index in [0.717, 1.165) is 31.3 Å². The number of halogens is 1. The first-order valence-corrected chi connectivity index (χ1v) is 13.1. The minimum Gasteiger partial charge on any atom is -0.450 e. The Labute approximate surface area is 206 Å². The first kappa shape index (κ1) is 25.6. The highest BCUT2D eigenvalue weighted by Crippen LogP contribution is 2.68. The van der Waals surface area contributed by atoms with E-state index in [4.69, 9.17) is 16.3 Å². The molecular formula is C27H37ClO6. The molecule has 0 aromatic heterocycles. The molecule has 188 valence electrons. The fourth-order valence-electron chi connectivity index (χ4n) is 7.89. The number of rotatable bonds is 7.